The van der Waals surface area contributed by atoms with E-state index in [1.807, 2.05) is 0 Å². The van der Waals surface area contributed by atoms with Crippen molar-refractivity contribution in [1.29, 1.82) is 0 Å². The predicted molar refractivity (Wildman–Crippen MR) is 95.0 cm³/mol. The fourth-order valence-electron chi connectivity index (χ4n) is 2.39. The summed E-state index contributed by atoms with van der Waals surface area (Å²) in [5.41, 5.74) is -2.92. The molecule has 0 bridgehead atoms. The van der Waals surface area contributed by atoms with Gasteiger partial charge in [-0.15, -0.1) is 0 Å². The van der Waals surface area contributed by atoms with E-state index in [1.165, 1.54) is 0 Å². The Morgan fingerprint density at radius 2 is 1.33 bits per heavy atom. The van der Waals surface area contributed by atoms with E-state index in [0.717, 1.165) is 38.5 Å². The molecule has 5 nitrogen and oxygen atoms in total. The summed E-state index contributed by atoms with van der Waals surface area (Å²) < 4.78 is 29.5. The molecule has 0 aliphatic heterocycles. The lowest BCUT2D eigenvalue weighted by Crippen LogP contribution is -2.36. The Hall–Kier alpha value is -1.10. The van der Waals surface area contributed by atoms with Crippen LogP contribution in [-0.4, -0.2) is 33.4 Å². The first-order valence-corrected chi connectivity index (χ1v) is 8.58. The number of aliphatic hydroxyl groups excluding tert-OH is 1. The van der Waals surface area contributed by atoms with E-state index in [4.69, 9.17) is 5.48 Å². The fraction of sp³-hybridized carbons (Fsp3) is 0.895. The van der Waals surface area contributed by atoms with Crippen LogP contribution >= 0.6 is 0 Å². The number of carboxylic acids is 2. The van der Waals surface area contributed by atoms with E-state index in [0.29, 0.717) is 19.3 Å². The van der Waals surface area contributed by atoms with Crippen LogP contribution in [0.25, 0.3) is 0 Å². The summed E-state index contributed by atoms with van der Waals surface area (Å²) in [6, 6.07) is 0. The molecule has 142 valence electrons. The van der Waals surface area contributed by atoms with E-state index in [1.54, 1.807) is 0 Å². The van der Waals surface area contributed by atoms with Gasteiger partial charge in [0.25, 0.3) is 0 Å². The maximum absolute atomic E-state index is 11.3. The molecule has 0 radical (unpaired) electrons. The zero-order valence-corrected chi connectivity index (χ0v) is 14.6. The van der Waals surface area contributed by atoms with Crippen LogP contribution < -0.4 is 0 Å². The number of aliphatic hydroxyl groups is 1. The van der Waals surface area contributed by atoms with Crippen molar-refractivity contribution in [3.63, 3.8) is 0 Å². The maximum atomic E-state index is 11.3. The van der Waals surface area contributed by atoms with Crippen LogP contribution in [0.1, 0.15) is 97.3 Å². The Bertz CT molecular complexity index is 454. The minimum absolute atomic E-state index is 0.263. The third-order valence-electron chi connectivity index (χ3n) is 4.40. The van der Waals surface area contributed by atoms with Crippen molar-refractivity contribution in [2.24, 2.45) is 10.8 Å². The van der Waals surface area contributed by atoms with Gasteiger partial charge in [-0.3, -0.25) is 9.59 Å². The van der Waals surface area contributed by atoms with Crippen molar-refractivity contribution < 1.29 is 30.4 Å². The summed E-state index contributed by atoms with van der Waals surface area (Å²) in [6.07, 6.45) is 6.47. The molecule has 0 amide bonds. The second-order valence-electron chi connectivity index (χ2n) is 6.93. The van der Waals surface area contributed by atoms with Gasteiger partial charge in [0.1, 0.15) is 0 Å². The molecule has 0 fully saturated rings. The third kappa shape index (κ3) is 8.67. The van der Waals surface area contributed by atoms with Gasteiger partial charge in [-0.25, -0.2) is 0 Å². The van der Waals surface area contributed by atoms with Crippen LogP contribution in [0.3, 0.4) is 0 Å². The zero-order valence-electron chi connectivity index (χ0n) is 18.6. The summed E-state index contributed by atoms with van der Waals surface area (Å²) in [5, 5.41) is 28.5. The van der Waals surface area contributed by atoms with Gasteiger partial charge in [0, 0.05) is 5.48 Å². The highest BCUT2D eigenvalue weighted by Crippen LogP contribution is 2.26. The molecule has 5 heteroatoms. The van der Waals surface area contributed by atoms with Crippen LogP contribution in [0.4, 0.5) is 0 Å². The molecular formula is C19H36O5. The van der Waals surface area contributed by atoms with Crippen molar-refractivity contribution >= 4 is 11.9 Å². The van der Waals surface area contributed by atoms with E-state index in [2.05, 4.69) is 0 Å². The van der Waals surface area contributed by atoms with Gasteiger partial charge in [0.2, 0.25) is 0 Å². The first-order valence-electron chi connectivity index (χ1n) is 11.4. The number of rotatable bonds is 14. The lowest BCUT2D eigenvalue weighted by Gasteiger charge is -2.25. The molecule has 0 aromatic carbocycles. The number of aliphatic carboxylic acids is 2. The number of carboxylic acid groups (broad SMARTS) is 2. The average molecular weight is 349 g/mol. The SMILES string of the molecule is [2H]CC(C[2H])(CCCCCCCCCCC(O)C(C[2H])(C[2H])C(=O)O)C(=O)O. The van der Waals surface area contributed by atoms with Crippen LogP contribution in [-0.2, 0) is 9.59 Å². The van der Waals surface area contributed by atoms with Gasteiger partial charge in [-0.05, 0) is 40.4 Å². The molecular weight excluding hydrogens is 308 g/mol. The molecule has 1 unspecified atom stereocenters. The highest BCUT2D eigenvalue weighted by Gasteiger charge is 2.35. The first-order chi connectivity index (χ1) is 13.3. The van der Waals surface area contributed by atoms with E-state index in [-0.39, 0.29) is 20.2 Å². The van der Waals surface area contributed by atoms with E-state index >= 15 is 0 Å². The number of unbranched alkanes of at least 4 members (excludes halogenated alkanes) is 7. The molecule has 3 N–H and O–H groups in total. The summed E-state index contributed by atoms with van der Waals surface area (Å²) in [7, 11) is 0. The molecule has 0 aromatic rings. The molecule has 0 aliphatic rings. The van der Waals surface area contributed by atoms with Crippen LogP contribution in [0, 0.1) is 10.8 Å². The predicted octanol–water partition coefficient (Wildman–Crippen LogP) is 4.47. The van der Waals surface area contributed by atoms with Crippen molar-refractivity contribution in [1.82, 2.24) is 0 Å². The second-order valence-corrected chi connectivity index (χ2v) is 6.93. The highest BCUT2D eigenvalue weighted by molar-refractivity contribution is 5.74. The van der Waals surface area contributed by atoms with Crippen LogP contribution in [0.15, 0.2) is 0 Å². The second kappa shape index (κ2) is 10.7. The zero-order chi connectivity index (χ0) is 21.6. The minimum Gasteiger partial charge on any atom is -0.481 e. The van der Waals surface area contributed by atoms with Crippen molar-refractivity contribution in [2.45, 2.75) is 97.9 Å². The normalized spacial score (nSPS) is 15.9. The monoisotopic (exact) mass is 348 g/mol. The van der Waals surface area contributed by atoms with Crippen molar-refractivity contribution in [3.8, 4) is 0 Å². The molecule has 24 heavy (non-hydrogen) atoms. The Morgan fingerprint density at radius 1 is 0.833 bits per heavy atom. The topological polar surface area (TPSA) is 94.8 Å². The maximum Gasteiger partial charge on any atom is 0.311 e. The van der Waals surface area contributed by atoms with Crippen molar-refractivity contribution in [3.05, 3.63) is 0 Å². The smallest absolute Gasteiger partial charge is 0.311 e. The number of carbonyl (C=O) groups is 2. The first kappa shape index (κ1) is 16.4. The van der Waals surface area contributed by atoms with Crippen molar-refractivity contribution in [2.75, 3.05) is 0 Å². The average Bonchev–Trinajstić information content (AvgIpc) is 2.67. The molecule has 0 rings (SSSR count). The van der Waals surface area contributed by atoms with E-state index in [9.17, 15) is 24.9 Å². The van der Waals surface area contributed by atoms with Gasteiger partial charge in [-0.1, -0.05) is 51.4 Å². The van der Waals surface area contributed by atoms with Gasteiger partial charge in [-0.2, -0.15) is 0 Å². The summed E-state index contributed by atoms with van der Waals surface area (Å²) >= 11 is 0. The quantitative estimate of drug-likeness (QED) is 0.403. The Labute approximate surface area is 152 Å². The summed E-state index contributed by atoms with van der Waals surface area (Å²) in [6.45, 7) is -1.53. The summed E-state index contributed by atoms with van der Waals surface area (Å²) in [5.74, 6) is -2.34. The molecule has 0 heterocycles. The number of hydrogen-bond acceptors (Lipinski definition) is 3. The Balaban J connectivity index is 3.89. The Morgan fingerprint density at radius 3 is 1.75 bits per heavy atom. The van der Waals surface area contributed by atoms with Gasteiger partial charge in [0.05, 0.1) is 16.9 Å². The highest BCUT2D eigenvalue weighted by atomic mass is 16.4. The van der Waals surface area contributed by atoms with Gasteiger partial charge < -0.3 is 15.3 Å². The van der Waals surface area contributed by atoms with Crippen LogP contribution in [0.2, 0.25) is 0 Å². The van der Waals surface area contributed by atoms with Gasteiger partial charge >= 0.3 is 11.9 Å². The Kier molecular flexibility index (Phi) is 7.30. The summed E-state index contributed by atoms with van der Waals surface area (Å²) in [4.78, 5) is 22.5. The minimum atomic E-state index is -1.69. The van der Waals surface area contributed by atoms with Crippen LogP contribution in [0.5, 0.6) is 0 Å². The lowest BCUT2D eigenvalue weighted by molar-refractivity contribution is -0.153. The standard InChI is InChI=1S/C19H36O5/c1-18(2,16(21)22)14-12-10-8-6-5-7-9-11-13-15(20)19(3,4)17(23)24/h15,20H,5-14H2,1-4H3,(H,21,22)(H,23,24)/i1D,2D,3D,4D. The molecule has 0 aromatic heterocycles. The van der Waals surface area contributed by atoms with E-state index < -0.39 is 42.7 Å². The molecule has 0 spiro atoms. The molecule has 0 saturated heterocycles. The molecule has 0 aliphatic carbocycles. The molecule has 1 atom stereocenters. The fourth-order valence-corrected chi connectivity index (χ4v) is 2.39. The largest absolute Gasteiger partial charge is 0.481 e. The lowest BCUT2D eigenvalue weighted by atomic mass is 9.84. The third-order valence-corrected chi connectivity index (χ3v) is 4.40. The molecule has 0 saturated carbocycles. The van der Waals surface area contributed by atoms with Gasteiger partial charge in [0.15, 0.2) is 0 Å². The number of hydrogen-bond donors (Lipinski definition) is 3.